The van der Waals surface area contributed by atoms with Crippen molar-refractivity contribution in [1.29, 1.82) is 0 Å². The van der Waals surface area contributed by atoms with Crippen LogP contribution >= 0.6 is 11.6 Å². The number of carbonyl (C=O) groups is 1. The molecule has 1 saturated heterocycles. The van der Waals surface area contributed by atoms with Gasteiger partial charge in [0.2, 0.25) is 0 Å². The molecule has 7 heteroatoms. The summed E-state index contributed by atoms with van der Waals surface area (Å²) in [6.07, 6.45) is 2.54. The first-order chi connectivity index (χ1) is 12.7. The van der Waals surface area contributed by atoms with Gasteiger partial charge in [0.15, 0.2) is 5.82 Å². The number of anilines is 1. The van der Waals surface area contributed by atoms with E-state index in [0.717, 1.165) is 36.2 Å². The van der Waals surface area contributed by atoms with Crippen LogP contribution in [0, 0.1) is 0 Å². The second-order valence-corrected chi connectivity index (χ2v) is 6.68. The van der Waals surface area contributed by atoms with E-state index in [1.165, 1.54) is 0 Å². The van der Waals surface area contributed by atoms with Crippen molar-refractivity contribution in [2.45, 2.75) is 6.42 Å². The third-order valence-electron chi connectivity index (χ3n) is 4.54. The first-order valence-corrected chi connectivity index (χ1v) is 8.97. The van der Waals surface area contributed by atoms with Crippen LogP contribution in [0.15, 0.2) is 48.7 Å². The molecule has 4 rings (SSSR count). The number of nitrogens with zero attached hydrogens (tertiary/aromatic N) is 5. The molecule has 0 N–H and O–H groups in total. The lowest BCUT2D eigenvalue weighted by Crippen LogP contribution is -2.35. The van der Waals surface area contributed by atoms with Gasteiger partial charge < -0.3 is 9.80 Å². The van der Waals surface area contributed by atoms with Crippen molar-refractivity contribution in [3.8, 4) is 0 Å². The lowest BCUT2D eigenvalue weighted by atomic mass is 10.2. The Labute approximate surface area is 156 Å². The van der Waals surface area contributed by atoms with Gasteiger partial charge in [-0.25, -0.2) is 4.98 Å². The molecule has 0 radical (unpaired) electrons. The zero-order valence-electron chi connectivity index (χ0n) is 14.2. The Morgan fingerprint density at radius 1 is 1.04 bits per heavy atom. The molecule has 1 amide bonds. The number of pyridine rings is 1. The average molecular weight is 368 g/mol. The van der Waals surface area contributed by atoms with Crippen molar-refractivity contribution in [2.75, 3.05) is 31.1 Å². The Kier molecular flexibility index (Phi) is 4.67. The van der Waals surface area contributed by atoms with Gasteiger partial charge in [0, 0.05) is 42.8 Å². The molecule has 26 heavy (non-hydrogen) atoms. The summed E-state index contributed by atoms with van der Waals surface area (Å²) >= 11 is 6.04. The van der Waals surface area contributed by atoms with Gasteiger partial charge in [-0.2, -0.15) is 5.10 Å². The maximum atomic E-state index is 12.9. The van der Waals surface area contributed by atoms with E-state index in [1.807, 2.05) is 35.2 Å². The average Bonchev–Trinajstić information content (AvgIpc) is 2.94. The molecule has 6 nitrogen and oxygen atoms in total. The van der Waals surface area contributed by atoms with Crippen molar-refractivity contribution < 1.29 is 4.79 Å². The number of fused-ring (bicyclic) bond motifs is 1. The summed E-state index contributed by atoms with van der Waals surface area (Å²) < 4.78 is 0. The van der Waals surface area contributed by atoms with Crippen LogP contribution in [-0.2, 0) is 0 Å². The molecule has 0 saturated carbocycles. The molecule has 0 atom stereocenters. The zero-order chi connectivity index (χ0) is 17.9. The highest BCUT2D eigenvalue weighted by molar-refractivity contribution is 6.31. The molecule has 1 aromatic carbocycles. The Hall–Kier alpha value is -2.73. The van der Waals surface area contributed by atoms with E-state index in [-0.39, 0.29) is 5.91 Å². The molecule has 1 aliphatic rings. The smallest absolute Gasteiger partial charge is 0.272 e. The van der Waals surface area contributed by atoms with Crippen molar-refractivity contribution in [3.63, 3.8) is 0 Å². The van der Waals surface area contributed by atoms with Gasteiger partial charge in [-0.3, -0.25) is 4.79 Å². The summed E-state index contributed by atoms with van der Waals surface area (Å²) in [5, 5.41) is 9.68. The normalized spacial score (nSPS) is 15.1. The monoisotopic (exact) mass is 367 g/mol. The number of rotatable bonds is 2. The molecule has 0 bridgehead atoms. The van der Waals surface area contributed by atoms with Crippen LogP contribution in [0.25, 0.3) is 10.9 Å². The highest BCUT2D eigenvalue weighted by Crippen LogP contribution is 2.19. The minimum Gasteiger partial charge on any atom is -0.353 e. The predicted octanol–water partition coefficient (Wildman–Crippen LogP) is 3.03. The van der Waals surface area contributed by atoms with E-state index < -0.39 is 0 Å². The predicted molar refractivity (Wildman–Crippen MR) is 102 cm³/mol. The maximum absolute atomic E-state index is 12.9. The van der Waals surface area contributed by atoms with Crippen molar-refractivity contribution in [1.82, 2.24) is 20.1 Å². The molecule has 1 fully saturated rings. The quantitative estimate of drug-likeness (QED) is 0.696. The summed E-state index contributed by atoms with van der Waals surface area (Å²) in [6.45, 7) is 2.91. The third kappa shape index (κ3) is 3.46. The molecule has 2 aromatic heterocycles. The highest BCUT2D eigenvalue weighted by Gasteiger charge is 2.22. The molecule has 1 aliphatic heterocycles. The molecule has 0 unspecified atom stereocenters. The molecule has 3 aromatic rings. The fourth-order valence-corrected chi connectivity index (χ4v) is 3.35. The Balaban J connectivity index is 1.51. The molecule has 0 aliphatic carbocycles. The lowest BCUT2D eigenvalue weighted by Gasteiger charge is -2.22. The Morgan fingerprint density at radius 2 is 1.92 bits per heavy atom. The topological polar surface area (TPSA) is 62.2 Å². The van der Waals surface area contributed by atoms with Gasteiger partial charge in [-0.15, -0.1) is 5.10 Å². The van der Waals surface area contributed by atoms with Gasteiger partial charge in [-0.05, 0) is 36.8 Å². The number of aromatic nitrogens is 3. The Bertz CT molecular complexity index is 934. The van der Waals surface area contributed by atoms with E-state index in [0.29, 0.717) is 23.8 Å². The van der Waals surface area contributed by atoms with Crippen LogP contribution in [0.3, 0.4) is 0 Å². The number of hydrogen-bond donors (Lipinski definition) is 0. The Morgan fingerprint density at radius 3 is 2.77 bits per heavy atom. The molecule has 3 heterocycles. The van der Waals surface area contributed by atoms with E-state index >= 15 is 0 Å². The number of halogens is 1. The van der Waals surface area contributed by atoms with E-state index in [9.17, 15) is 4.79 Å². The standard InChI is InChI=1S/C19H18ClN5O/c20-15-6-4-14-5-7-16(22-17(14)13-15)19(26)25-10-2-9-24(11-12-25)18-3-1-8-21-23-18/h1,3-8,13H,2,9-12H2. The van der Waals surface area contributed by atoms with Crippen molar-refractivity contribution >= 4 is 34.2 Å². The van der Waals surface area contributed by atoms with Gasteiger partial charge in [0.1, 0.15) is 5.69 Å². The van der Waals surface area contributed by atoms with Crippen molar-refractivity contribution in [3.05, 3.63) is 59.4 Å². The summed E-state index contributed by atoms with van der Waals surface area (Å²) in [6, 6.07) is 13.0. The zero-order valence-corrected chi connectivity index (χ0v) is 14.9. The fraction of sp³-hybridized carbons (Fsp3) is 0.263. The highest BCUT2D eigenvalue weighted by atomic mass is 35.5. The second-order valence-electron chi connectivity index (χ2n) is 6.25. The summed E-state index contributed by atoms with van der Waals surface area (Å²) in [5.41, 5.74) is 1.19. The number of benzene rings is 1. The molecular weight excluding hydrogens is 350 g/mol. The summed E-state index contributed by atoms with van der Waals surface area (Å²) in [5.74, 6) is 0.799. The second kappa shape index (κ2) is 7.25. The SMILES string of the molecule is O=C(c1ccc2ccc(Cl)cc2n1)N1CCCN(c2cccnn2)CC1. The van der Waals surface area contributed by atoms with Crippen LogP contribution in [0.2, 0.25) is 5.02 Å². The van der Waals surface area contributed by atoms with Crippen LogP contribution in [0.1, 0.15) is 16.9 Å². The lowest BCUT2D eigenvalue weighted by molar-refractivity contribution is 0.0761. The van der Waals surface area contributed by atoms with Crippen LogP contribution in [0.4, 0.5) is 5.82 Å². The largest absolute Gasteiger partial charge is 0.353 e. The first kappa shape index (κ1) is 16.7. The number of hydrogen-bond acceptors (Lipinski definition) is 5. The molecule has 0 spiro atoms. The van der Waals surface area contributed by atoms with Gasteiger partial charge in [0.25, 0.3) is 5.91 Å². The van der Waals surface area contributed by atoms with Gasteiger partial charge in [0.05, 0.1) is 5.52 Å². The van der Waals surface area contributed by atoms with Crippen LogP contribution in [-0.4, -0.2) is 52.2 Å². The van der Waals surface area contributed by atoms with E-state index in [2.05, 4.69) is 20.1 Å². The third-order valence-corrected chi connectivity index (χ3v) is 4.77. The summed E-state index contributed by atoms with van der Waals surface area (Å²) in [4.78, 5) is 21.4. The fourth-order valence-electron chi connectivity index (χ4n) is 3.18. The van der Waals surface area contributed by atoms with E-state index in [4.69, 9.17) is 11.6 Å². The van der Waals surface area contributed by atoms with E-state index in [1.54, 1.807) is 18.3 Å². The number of carbonyl (C=O) groups excluding carboxylic acids is 1. The minimum atomic E-state index is -0.0483. The minimum absolute atomic E-state index is 0.0483. The van der Waals surface area contributed by atoms with Crippen LogP contribution in [0.5, 0.6) is 0 Å². The number of amides is 1. The van der Waals surface area contributed by atoms with Crippen LogP contribution < -0.4 is 4.90 Å². The van der Waals surface area contributed by atoms with Crippen molar-refractivity contribution in [2.24, 2.45) is 0 Å². The molecule has 132 valence electrons. The van der Waals surface area contributed by atoms with Gasteiger partial charge >= 0.3 is 0 Å². The van der Waals surface area contributed by atoms with Gasteiger partial charge in [-0.1, -0.05) is 23.7 Å². The first-order valence-electron chi connectivity index (χ1n) is 8.59. The maximum Gasteiger partial charge on any atom is 0.272 e. The summed E-state index contributed by atoms with van der Waals surface area (Å²) in [7, 11) is 0. The molecular formula is C19H18ClN5O.